The molecule has 144 valence electrons. The topological polar surface area (TPSA) is 93.7 Å². The summed E-state index contributed by atoms with van der Waals surface area (Å²) in [5.41, 5.74) is 3.10. The number of hydrazine groups is 1. The van der Waals surface area contributed by atoms with Gasteiger partial charge in [-0.3, -0.25) is 10.2 Å². The van der Waals surface area contributed by atoms with Gasteiger partial charge in [-0.1, -0.05) is 30.3 Å². The predicted molar refractivity (Wildman–Crippen MR) is 104 cm³/mol. The fourth-order valence-electron chi connectivity index (χ4n) is 2.12. The second kappa shape index (κ2) is 9.20. The SMILES string of the molecule is COc1cc(C(=O)NNS(=O)(=O)/C=C/c2ccccc2)ccc1OC(C)C. The molecule has 0 bridgehead atoms. The highest BCUT2D eigenvalue weighted by Gasteiger charge is 2.14. The summed E-state index contributed by atoms with van der Waals surface area (Å²) >= 11 is 0. The molecule has 0 aromatic heterocycles. The second-order valence-corrected chi connectivity index (χ2v) is 7.41. The van der Waals surface area contributed by atoms with Crippen molar-refractivity contribution in [3.8, 4) is 11.5 Å². The van der Waals surface area contributed by atoms with Gasteiger partial charge in [0.15, 0.2) is 11.5 Å². The number of nitrogens with one attached hydrogen (secondary N) is 2. The third-order valence-corrected chi connectivity index (χ3v) is 4.22. The number of ether oxygens (including phenoxy) is 2. The molecule has 0 aliphatic carbocycles. The first-order chi connectivity index (χ1) is 12.8. The van der Waals surface area contributed by atoms with Crippen molar-refractivity contribution in [3.63, 3.8) is 0 Å². The van der Waals surface area contributed by atoms with Crippen molar-refractivity contribution in [1.82, 2.24) is 10.3 Å². The molecule has 2 N–H and O–H groups in total. The maximum atomic E-state index is 12.2. The smallest absolute Gasteiger partial charge is 0.266 e. The van der Waals surface area contributed by atoms with Crippen LogP contribution in [0.2, 0.25) is 0 Å². The number of carbonyl (C=O) groups excluding carboxylic acids is 1. The molecule has 2 aromatic carbocycles. The van der Waals surface area contributed by atoms with Crippen molar-refractivity contribution in [2.24, 2.45) is 0 Å². The van der Waals surface area contributed by atoms with Crippen molar-refractivity contribution in [3.05, 3.63) is 65.1 Å². The summed E-state index contributed by atoms with van der Waals surface area (Å²) in [5.74, 6) is 0.250. The summed E-state index contributed by atoms with van der Waals surface area (Å²) in [7, 11) is -2.38. The molecule has 0 saturated carbocycles. The van der Waals surface area contributed by atoms with Crippen molar-refractivity contribution in [2.75, 3.05) is 7.11 Å². The van der Waals surface area contributed by atoms with Crippen LogP contribution in [-0.2, 0) is 10.0 Å². The van der Waals surface area contributed by atoms with E-state index < -0.39 is 15.9 Å². The monoisotopic (exact) mass is 390 g/mol. The first kappa shape index (κ1) is 20.5. The van der Waals surface area contributed by atoms with Gasteiger partial charge in [-0.15, -0.1) is 4.83 Å². The van der Waals surface area contributed by atoms with Gasteiger partial charge in [0.05, 0.1) is 13.2 Å². The van der Waals surface area contributed by atoms with Gasteiger partial charge in [0.2, 0.25) is 0 Å². The Morgan fingerprint density at radius 2 is 1.78 bits per heavy atom. The minimum atomic E-state index is -3.84. The van der Waals surface area contributed by atoms with E-state index in [0.29, 0.717) is 11.5 Å². The average molecular weight is 390 g/mol. The highest BCUT2D eigenvalue weighted by atomic mass is 32.2. The molecule has 1 amide bonds. The molecule has 2 rings (SSSR count). The van der Waals surface area contributed by atoms with E-state index in [4.69, 9.17) is 9.47 Å². The molecule has 0 radical (unpaired) electrons. The fourth-order valence-corrected chi connectivity index (χ4v) is 2.76. The van der Waals surface area contributed by atoms with E-state index in [1.807, 2.05) is 24.7 Å². The quantitative estimate of drug-likeness (QED) is 0.676. The number of methoxy groups -OCH3 is 1. The van der Waals surface area contributed by atoms with Gasteiger partial charge < -0.3 is 9.47 Å². The molecule has 2 aromatic rings. The molecular formula is C19H22N2O5S. The third kappa shape index (κ3) is 6.43. The van der Waals surface area contributed by atoms with Crippen LogP contribution in [-0.4, -0.2) is 27.5 Å². The summed E-state index contributed by atoms with van der Waals surface area (Å²) in [6.45, 7) is 3.75. The van der Waals surface area contributed by atoms with Crippen LogP contribution in [0.25, 0.3) is 6.08 Å². The van der Waals surface area contributed by atoms with Crippen LogP contribution in [0.4, 0.5) is 0 Å². The summed E-state index contributed by atoms with van der Waals surface area (Å²) in [5, 5.41) is 0.975. The summed E-state index contributed by atoms with van der Waals surface area (Å²) in [4.78, 5) is 14.2. The van der Waals surface area contributed by atoms with E-state index in [1.54, 1.807) is 30.3 Å². The van der Waals surface area contributed by atoms with Gasteiger partial charge in [-0.2, -0.15) is 0 Å². The van der Waals surface area contributed by atoms with Crippen LogP contribution in [0.15, 0.2) is 53.9 Å². The van der Waals surface area contributed by atoms with Crippen LogP contribution in [0.1, 0.15) is 29.8 Å². The lowest BCUT2D eigenvalue weighted by atomic mass is 10.2. The molecule has 8 heteroatoms. The largest absolute Gasteiger partial charge is 0.493 e. The zero-order chi connectivity index (χ0) is 19.9. The van der Waals surface area contributed by atoms with Gasteiger partial charge in [-0.25, -0.2) is 8.42 Å². The number of hydrogen-bond donors (Lipinski definition) is 2. The molecule has 0 spiro atoms. The Kier molecular flexibility index (Phi) is 6.98. The molecule has 0 unspecified atom stereocenters. The highest BCUT2D eigenvalue weighted by molar-refractivity contribution is 7.92. The van der Waals surface area contributed by atoms with E-state index in [0.717, 1.165) is 11.0 Å². The molecule has 0 aliphatic rings. The molecular weight excluding hydrogens is 368 g/mol. The Hall–Kier alpha value is -2.84. The average Bonchev–Trinajstić information content (AvgIpc) is 2.65. The van der Waals surface area contributed by atoms with Crippen LogP contribution >= 0.6 is 0 Å². The zero-order valence-electron chi connectivity index (χ0n) is 15.3. The summed E-state index contributed by atoms with van der Waals surface area (Å²) in [6.07, 6.45) is 1.37. The summed E-state index contributed by atoms with van der Waals surface area (Å²) in [6, 6.07) is 13.5. The lowest BCUT2D eigenvalue weighted by Gasteiger charge is -2.14. The van der Waals surface area contributed by atoms with Crippen molar-refractivity contribution in [2.45, 2.75) is 20.0 Å². The van der Waals surface area contributed by atoms with E-state index in [2.05, 4.69) is 5.43 Å². The molecule has 0 saturated heterocycles. The first-order valence-corrected chi connectivity index (χ1v) is 9.75. The maximum absolute atomic E-state index is 12.2. The summed E-state index contributed by atoms with van der Waals surface area (Å²) < 4.78 is 34.8. The second-order valence-electron chi connectivity index (χ2n) is 5.85. The lowest BCUT2D eigenvalue weighted by Crippen LogP contribution is -2.40. The molecule has 0 aliphatic heterocycles. The normalized spacial score (nSPS) is 11.6. The molecule has 27 heavy (non-hydrogen) atoms. The Morgan fingerprint density at radius 1 is 1.07 bits per heavy atom. The number of rotatable bonds is 8. The van der Waals surface area contributed by atoms with Gasteiger partial charge in [0, 0.05) is 11.0 Å². The number of carbonyl (C=O) groups is 1. The van der Waals surface area contributed by atoms with Crippen molar-refractivity contribution in [1.29, 1.82) is 0 Å². The molecule has 0 atom stereocenters. The molecule has 0 fully saturated rings. The third-order valence-electron chi connectivity index (χ3n) is 3.33. The Bertz CT molecular complexity index is 909. The molecule has 0 heterocycles. The Labute approximate surface area is 159 Å². The van der Waals surface area contributed by atoms with Crippen LogP contribution in [0, 0.1) is 0 Å². The standard InChI is InChI=1S/C19H22N2O5S/c1-14(2)26-17-10-9-16(13-18(17)25-3)19(22)20-21-27(23,24)12-11-15-7-5-4-6-8-15/h4-14,21H,1-3H3,(H,20,22)/b12-11+. The van der Waals surface area contributed by atoms with E-state index in [-0.39, 0.29) is 11.7 Å². The predicted octanol–water partition coefficient (Wildman–Crippen LogP) is 2.72. The first-order valence-electron chi connectivity index (χ1n) is 8.20. The van der Waals surface area contributed by atoms with E-state index >= 15 is 0 Å². The number of amides is 1. The minimum Gasteiger partial charge on any atom is -0.493 e. The van der Waals surface area contributed by atoms with Crippen molar-refractivity contribution < 1.29 is 22.7 Å². The molecule has 7 nitrogen and oxygen atoms in total. The van der Waals surface area contributed by atoms with Gasteiger partial charge >= 0.3 is 0 Å². The van der Waals surface area contributed by atoms with Crippen molar-refractivity contribution >= 4 is 22.0 Å². The van der Waals surface area contributed by atoms with E-state index in [9.17, 15) is 13.2 Å². The highest BCUT2D eigenvalue weighted by Crippen LogP contribution is 2.28. The fraction of sp³-hybridized carbons (Fsp3) is 0.211. The van der Waals surface area contributed by atoms with Crippen LogP contribution in [0.3, 0.4) is 0 Å². The zero-order valence-corrected chi connectivity index (χ0v) is 16.1. The Morgan fingerprint density at radius 3 is 2.41 bits per heavy atom. The van der Waals surface area contributed by atoms with Gasteiger partial charge in [0.25, 0.3) is 15.9 Å². The van der Waals surface area contributed by atoms with E-state index in [1.165, 1.54) is 25.3 Å². The maximum Gasteiger partial charge on any atom is 0.266 e. The number of benzene rings is 2. The number of hydrogen-bond acceptors (Lipinski definition) is 5. The van der Waals surface area contributed by atoms with Gasteiger partial charge in [0.1, 0.15) is 0 Å². The lowest BCUT2D eigenvalue weighted by molar-refractivity contribution is 0.0945. The van der Waals surface area contributed by atoms with Crippen LogP contribution in [0.5, 0.6) is 11.5 Å². The Balaban J connectivity index is 2.03. The number of sulfonamides is 1. The van der Waals surface area contributed by atoms with Crippen LogP contribution < -0.4 is 19.7 Å². The van der Waals surface area contributed by atoms with Gasteiger partial charge in [-0.05, 0) is 43.7 Å². The minimum absolute atomic E-state index is 0.0539.